The van der Waals surface area contributed by atoms with E-state index < -0.39 is 0 Å². The first kappa shape index (κ1) is 20.7. The van der Waals surface area contributed by atoms with E-state index in [1.165, 1.54) is 21.6 Å². The maximum Gasteiger partial charge on any atom is 0.0909 e. The molecule has 5 heteroatoms. The second kappa shape index (κ2) is 9.93. The van der Waals surface area contributed by atoms with Gasteiger partial charge in [0.05, 0.1) is 17.7 Å². The van der Waals surface area contributed by atoms with Crippen molar-refractivity contribution in [1.82, 2.24) is 4.90 Å². The minimum absolute atomic E-state index is 0.834. The average Bonchev–Trinajstić information content (AvgIpc) is 2.64. The fourth-order valence-electron chi connectivity index (χ4n) is 2.46. The summed E-state index contributed by atoms with van der Waals surface area (Å²) in [6.07, 6.45) is 1.89. The molecule has 0 aromatic heterocycles. The third-order valence-electron chi connectivity index (χ3n) is 4.22. The van der Waals surface area contributed by atoms with Crippen LogP contribution in [0.1, 0.15) is 23.6 Å². The Morgan fingerprint density at radius 3 is 2.58 bits per heavy atom. The van der Waals surface area contributed by atoms with Crippen molar-refractivity contribution in [2.75, 3.05) is 26.4 Å². The first-order chi connectivity index (χ1) is 12.5. The van der Waals surface area contributed by atoms with E-state index in [1.54, 1.807) is 11.8 Å². The normalized spacial score (nSPS) is 12.0. The van der Waals surface area contributed by atoms with E-state index in [-0.39, 0.29) is 0 Å². The monoisotopic (exact) mass is 431 g/mol. The largest absolute Gasteiger partial charge is 0.366 e. The lowest BCUT2D eigenvalue weighted by Gasteiger charge is -2.14. The zero-order valence-corrected chi connectivity index (χ0v) is 18.5. The van der Waals surface area contributed by atoms with Gasteiger partial charge in [-0.15, -0.1) is 11.8 Å². The van der Waals surface area contributed by atoms with Gasteiger partial charge < -0.3 is 4.90 Å². The van der Waals surface area contributed by atoms with E-state index in [9.17, 15) is 0 Å². The minimum Gasteiger partial charge on any atom is -0.366 e. The number of hydrogen-bond acceptors (Lipinski definition) is 3. The first-order valence-corrected chi connectivity index (χ1v) is 10.4. The Balaban J connectivity index is 2.22. The average molecular weight is 432 g/mol. The molecule has 0 unspecified atom stereocenters. The van der Waals surface area contributed by atoms with E-state index in [0.717, 1.165) is 28.2 Å². The van der Waals surface area contributed by atoms with Crippen molar-refractivity contribution < 1.29 is 0 Å². The Morgan fingerprint density at radius 2 is 1.92 bits per heavy atom. The summed E-state index contributed by atoms with van der Waals surface area (Å²) < 4.78 is 1.12. The van der Waals surface area contributed by atoms with Crippen LogP contribution in [-0.2, 0) is 0 Å². The van der Waals surface area contributed by atoms with Crippen LogP contribution in [0.25, 0.3) is 0 Å². The zero-order valence-electron chi connectivity index (χ0n) is 16.1. The smallest absolute Gasteiger partial charge is 0.0909 e. The fraction of sp³-hybridized carbons (Fsp3) is 0.333. The molecule has 0 atom stereocenters. The maximum atomic E-state index is 4.62. The highest BCUT2D eigenvalue weighted by molar-refractivity contribution is 9.10. The molecule has 0 bridgehead atoms. The molecule has 0 saturated carbocycles. The van der Waals surface area contributed by atoms with Gasteiger partial charge in [-0.2, -0.15) is 0 Å². The Kier molecular flexibility index (Phi) is 7.91. The first-order valence-electron chi connectivity index (χ1n) is 8.65. The Morgan fingerprint density at radius 1 is 1.19 bits per heavy atom. The third-order valence-corrected chi connectivity index (χ3v) is 6.26. The molecule has 0 N–H and O–H groups in total. The van der Waals surface area contributed by atoms with Crippen LogP contribution in [0.15, 0.2) is 55.8 Å². The van der Waals surface area contributed by atoms with Gasteiger partial charge in [-0.1, -0.05) is 12.1 Å². The van der Waals surface area contributed by atoms with Gasteiger partial charge in [-0.05, 0) is 77.7 Å². The molecule has 0 fully saturated rings. The van der Waals surface area contributed by atoms with Gasteiger partial charge in [0.15, 0.2) is 0 Å². The number of thioether (sulfide) groups is 1. The molecule has 0 amide bonds. The zero-order chi connectivity index (χ0) is 19.1. The molecule has 2 aromatic rings. The highest BCUT2D eigenvalue weighted by atomic mass is 79.9. The summed E-state index contributed by atoms with van der Waals surface area (Å²) in [4.78, 5) is 12.5. The fourth-order valence-corrected chi connectivity index (χ4v) is 4.05. The van der Waals surface area contributed by atoms with Crippen molar-refractivity contribution >= 4 is 45.4 Å². The molecule has 3 nitrogen and oxygen atoms in total. The van der Waals surface area contributed by atoms with E-state index in [0.29, 0.717) is 0 Å². The van der Waals surface area contributed by atoms with Crippen molar-refractivity contribution in [1.29, 1.82) is 0 Å². The number of halogens is 1. The lowest BCUT2D eigenvalue weighted by Crippen LogP contribution is -2.14. The van der Waals surface area contributed by atoms with Crippen molar-refractivity contribution in [2.24, 2.45) is 9.98 Å². The molecule has 26 heavy (non-hydrogen) atoms. The van der Waals surface area contributed by atoms with Crippen LogP contribution in [0.4, 0.5) is 5.69 Å². The summed E-state index contributed by atoms with van der Waals surface area (Å²) in [7, 11) is 3.90. The van der Waals surface area contributed by atoms with Crippen molar-refractivity contribution in [2.45, 2.75) is 25.7 Å². The molecular weight excluding hydrogens is 406 g/mol. The quantitative estimate of drug-likeness (QED) is 0.310. The molecule has 138 valence electrons. The van der Waals surface area contributed by atoms with Crippen LogP contribution in [0.3, 0.4) is 0 Å². The Bertz CT molecular complexity index is 815. The predicted molar refractivity (Wildman–Crippen MR) is 120 cm³/mol. The van der Waals surface area contributed by atoms with Crippen LogP contribution in [0.5, 0.6) is 0 Å². The topological polar surface area (TPSA) is 28.0 Å². The van der Waals surface area contributed by atoms with E-state index in [1.807, 2.05) is 26.5 Å². The second-order valence-electron chi connectivity index (χ2n) is 6.16. The Hall–Kier alpha value is -1.59. The summed E-state index contributed by atoms with van der Waals surface area (Å²) in [5.74, 6) is 0.834. The number of rotatable bonds is 7. The predicted octanol–water partition coefficient (Wildman–Crippen LogP) is 5.89. The van der Waals surface area contributed by atoms with Gasteiger partial charge in [-0.25, -0.2) is 4.99 Å². The van der Waals surface area contributed by atoms with Gasteiger partial charge >= 0.3 is 0 Å². The summed E-state index contributed by atoms with van der Waals surface area (Å²) in [6.45, 7) is 7.29. The number of benzene rings is 2. The molecule has 0 heterocycles. The van der Waals surface area contributed by atoms with Crippen LogP contribution in [0.2, 0.25) is 0 Å². The van der Waals surface area contributed by atoms with Gasteiger partial charge in [-0.3, -0.25) is 4.99 Å². The van der Waals surface area contributed by atoms with Crippen molar-refractivity contribution in [3.63, 3.8) is 0 Å². The lowest BCUT2D eigenvalue weighted by molar-refractivity contribution is 0.552. The summed E-state index contributed by atoms with van der Waals surface area (Å²) in [6, 6.07) is 12.6. The van der Waals surface area contributed by atoms with Crippen molar-refractivity contribution in [3.8, 4) is 0 Å². The molecule has 0 radical (unpaired) electrons. The molecule has 0 aliphatic heterocycles. The summed E-state index contributed by atoms with van der Waals surface area (Å²) in [5, 5.41) is 0. The standard InChI is InChI=1S/C21H26BrN3S/c1-6-25(5)14-24-19-12-15(2)17(11-16(19)3)20(23-4)13-26-21-10-8-7-9-18(21)22/h7-12,14H,6,13H2,1-5H3/b23-20+,24-14-. The van der Waals surface area contributed by atoms with Crippen LogP contribution in [0, 0.1) is 13.8 Å². The Labute approximate surface area is 169 Å². The highest BCUT2D eigenvalue weighted by Crippen LogP contribution is 2.29. The summed E-state index contributed by atoms with van der Waals surface area (Å²) >= 11 is 5.41. The number of aryl methyl sites for hydroxylation is 2. The van der Waals surface area contributed by atoms with Gasteiger partial charge in [0, 0.05) is 35.8 Å². The van der Waals surface area contributed by atoms with Crippen LogP contribution >= 0.6 is 27.7 Å². The number of nitrogens with zero attached hydrogens (tertiary/aromatic N) is 3. The van der Waals surface area contributed by atoms with E-state index in [4.69, 9.17) is 0 Å². The molecule has 0 spiro atoms. The van der Waals surface area contributed by atoms with Crippen LogP contribution < -0.4 is 0 Å². The molecule has 0 aliphatic carbocycles. The molecule has 2 rings (SSSR count). The van der Waals surface area contributed by atoms with Gasteiger partial charge in [0.2, 0.25) is 0 Å². The number of hydrogen-bond donors (Lipinski definition) is 0. The van der Waals surface area contributed by atoms with Gasteiger partial charge in [0.1, 0.15) is 0 Å². The third kappa shape index (κ3) is 5.45. The molecule has 2 aromatic carbocycles. The van der Waals surface area contributed by atoms with Gasteiger partial charge in [0.25, 0.3) is 0 Å². The molecule has 0 aliphatic rings. The minimum atomic E-state index is 0.834. The highest BCUT2D eigenvalue weighted by Gasteiger charge is 2.11. The van der Waals surface area contributed by atoms with Crippen LogP contribution in [-0.4, -0.2) is 43.3 Å². The number of aliphatic imine (C=N–C) groups is 2. The van der Waals surface area contributed by atoms with Crippen molar-refractivity contribution in [3.05, 3.63) is 57.6 Å². The SMILES string of the molecule is CCN(C)/C=N\c1cc(C)c(/C(CSc2ccccc2Br)=N/C)cc1C. The second-order valence-corrected chi connectivity index (χ2v) is 8.03. The maximum absolute atomic E-state index is 4.62. The van der Waals surface area contributed by atoms with E-state index >= 15 is 0 Å². The summed E-state index contributed by atoms with van der Waals surface area (Å²) in [5.41, 5.74) is 5.69. The molecule has 0 saturated heterocycles. The van der Waals surface area contributed by atoms with E-state index in [2.05, 4.69) is 81.9 Å². The lowest BCUT2D eigenvalue weighted by atomic mass is 10.0. The molecular formula is C21H26BrN3S.